The van der Waals surface area contributed by atoms with Gasteiger partial charge in [0.1, 0.15) is 5.69 Å². The van der Waals surface area contributed by atoms with Crippen LogP contribution in [0.4, 0.5) is 0 Å². The lowest BCUT2D eigenvalue weighted by atomic mass is 9.96. The zero-order chi connectivity index (χ0) is 14.2. The van der Waals surface area contributed by atoms with E-state index in [0.29, 0.717) is 17.4 Å². The Bertz CT molecular complexity index is 789. The number of fused-ring (bicyclic) bond motifs is 1. The first-order chi connectivity index (χ1) is 10.3. The predicted octanol–water partition coefficient (Wildman–Crippen LogP) is 2.71. The van der Waals surface area contributed by atoms with E-state index in [0.717, 1.165) is 24.2 Å². The normalized spacial score (nSPS) is 14.1. The van der Waals surface area contributed by atoms with E-state index in [-0.39, 0.29) is 0 Å². The van der Waals surface area contributed by atoms with E-state index in [1.807, 2.05) is 19.1 Å². The molecule has 0 spiro atoms. The summed E-state index contributed by atoms with van der Waals surface area (Å²) < 4.78 is 5.28. The number of rotatable bonds is 2. The van der Waals surface area contributed by atoms with E-state index in [4.69, 9.17) is 4.52 Å². The molecule has 0 unspecified atom stereocenters. The second-order valence-corrected chi connectivity index (χ2v) is 5.37. The van der Waals surface area contributed by atoms with Crippen molar-refractivity contribution in [1.29, 1.82) is 0 Å². The highest BCUT2D eigenvalue weighted by molar-refractivity contribution is 5.55. The number of hydrogen-bond acceptors (Lipinski definition) is 5. The fourth-order valence-corrected chi connectivity index (χ4v) is 2.67. The van der Waals surface area contributed by atoms with Gasteiger partial charge in [0, 0.05) is 11.4 Å². The van der Waals surface area contributed by atoms with Gasteiger partial charge in [-0.15, -0.1) is 0 Å². The third-order valence-corrected chi connectivity index (χ3v) is 3.76. The SMILES string of the molecule is Cc1cc(-c2nc(-c3ccc4c(n3)CCCC4)no2)n[nH]1. The van der Waals surface area contributed by atoms with Crippen LogP contribution >= 0.6 is 0 Å². The molecule has 0 radical (unpaired) electrons. The average Bonchev–Trinajstić information content (AvgIpc) is 3.15. The Hall–Kier alpha value is -2.50. The highest BCUT2D eigenvalue weighted by atomic mass is 16.5. The van der Waals surface area contributed by atoms with Crippen molar-refractivity contribution in [2.24, 2.45) is 0 Å². The highest BCUT2D eigenvalue weighted by Gasteiger charge is 2.16. The van der Waals surface area contributed by atoms with Gasteiger partial charge in [-0.25, -0.2) is 4.98 Å². The van der Waals surface area contributed by atoms with Gasteiger partial charge in [-0.1, -0.05) is 11.2 Å². The van der Waals surface area contributed by atoms with E-state index < -0.39 is 0 Å². The van der Waals surface area contributed by atoms with E-state index in [1.54, 1.807) is 0 Å². The standard InChI is InChI=1S/C15H15N5O/c1-9-8-13(19-18-9)15-17-14(20-21-15)12-7-6-10-4-2-3-5-11(10)16-12/h6-8H,2-5H2,1H3,(H,18,19). The number of hydrogen-bond donors (Lipinski definition) is 1. The molecular weight excluding hydrogens is 266 g/mol. The van der Waals surface area contributed by atoms with Crippen LogP contribution in [0.25, 0.3) is 23.1 Å². The molecule has 0 aliphatic heterocycles. The van der Waals surface area contributed by atoms with Crippen molar-refractivity contribution in [1.82, 2.24) is 25.3 Å². The number of nitrogens with zero attached hydrogens (tertiary/aromatic N) is 4. The van der Waals surface area contributed by atoms with Gasteiger partial charge in [0.2, 0.25) is 5.82 Å². The van der Waals surface area contributed by atoms with Crippen molar-refractivity contribution in [2.75, 3.05) is 0 Å². The lowest BCUT2D eigenvalue weighted by Gasteiger charge is -2.14. The van der Waals surface area contributed by atoms with Gasteiger partial charge in [-0.05, 0) is 50.3 Å². The maximum absolute atomic E-state index is 5.28. The van der Waals surface area contributed by atoms with Crippen molar-refractivity contribution < 1.29 is 4.52 Å². The first-order valence-electron chi connectivity index (χ1n) is 7.15. The molecule has 1 aliphatic carbocycles. The van der Waals surface area contributed by atoms with Gasteiger partial charge >= 0.3 is 0 Å². The molecule has 0 bridgehead atoms. The van der Waals surface area contributed by atoms with Crippen molar-refractivity contribution in [2.45, 2.75) is 32.6 Å². The van der Waals surface area contributed by atoms with Gasteiger partial charge in [0.25, 0.3) is 5.89 Å². The predicted molar refractivity (Wildman–Crippen MR) is 76.5 cm³/mol. The zero-order valence-electron chi connectivity index (χ0n) is 11.8. The van der Waals surface area contributed by atoms with Crippen LogP contribution < -0.4 is 0 Å². The molecule has 6 nitrogen and oxygen atoms in total. The minimum absolute atomic E-state index is 0.411. The molecule has 0 aromatic carbocycles. The molecule has 3 aromatic heterocycles. The maximum Gasteiger partial charge on any atom is 0.278 e. The van der Waals surface area contributed by atoms with Crippen LogP contribution in [0.3, 0.4) is 0 Å². The largest absolute Gasteiger partial charge is 0.332 e. The molecule has 3 aromatic rings. The summed E-state index contributed by atoms with van der Waals surface area (Å²) in [6, 6.07) is 5.97. The van der Waals surface area contributed by atoms with Gasteiger partial charge in [0.15, 0.2) is 5.69 Å². The molecule has 0 fully saturated rings. The number of pyridine rings is 1. The molecule has 4 rings (SSSR count). The number of aromatic amines is 1. The third-order valence-electron chi connectivity index (χ3n) is 3.76. The summed E-state index contributed by atoms with van der Waals surface area (Å²) in [4.78, 5) is 9.07. The van der Waals surface area contributed by atoms with Gasteiger partial charge in [0.05, 0.1) is 0 Å². The van der Waals surface area contributed by atoms with Crippen LogP contribution in [0.1, 0.15) is 29.8 Å². The summed E-state index contributed by atoms with van der Waals surface area (Å²) in [5, 5.41) is 11.0. The number of H-pyrrole nitrogens is 1. The van der Waals surface area contributed by atoms with Gasteiger partial charge in [-0.3, -0.25) is 5.10 Å². The Kier molecular flexibility index (Phi) is 2.80. The van der Waals surface area contributed by atoms with E-state index >= 15 is 0 Å². The summed E-state index contributed by atoms with van der Waals surface area (Å²) in [6.45, 7) is 1.93. The van der Waals surface area contributed by atoms with Crippen molar-refractivity contribution in [3.63, 3.8) is 0 Å². The van der Waals surface area contributed by atoms with E-state index in [2.05, 4.69) is 31.4 Å². The Morgan fingerprint density at radius 1 is 1.10 bits per heavy atom. The molecule has 21 heavy (non-hydrogen) atoms. The molecule has 1 N–H and O–H groups in total. The van der Waals surface area contributed by atoms with E-state index in [1.165, 1.54) is 24.1 Å². The average molecular weight is 281 g/mol. The summed E-state index contributed by atoms with van der Waals surface area (Å²) in [6.07, 6.45) is 4.60. The van der Waals surface area contributed by atoms with Gasteiger partial charge in [-0.2, -0.15) is 10.1 Å². The lowest BCUT2D eigenvalue weighted by molar-refractivity contribution is 0.430. The monoisotopic (exact) mass is 281 g/mol. The molecule has 106 valence electrons. The molecule has 0 amide bonds. The molecule has 1 aliphatic rings. The molecule has 0 saturated carbocycles. The smallest absolute Gasteiger partial charge is 0.278 e. The fraction of sp³-hybridized carbons (Fsp3) is 0.333. The van der Waals surface area contributed by atoms with Crippen LogP contribution in [0, 0.1) is 6.92 Å². The summed E-state index contributed by atoms with van der Waals surface area (Å²) in [7, 11) is 0. The minimum Gasteiger partial charge on any atom is -0.332 e. The number of nitrogens with one attached hydrogen (secondary N) is 1. The zero-order valence-corrected chi connectivity index (χ0v) is 11.8. The van der Waals surface area contributed by atoms with Crippen molar-refractivity contribution in [3.8, 4) is 23.1 Å². The maximum atomic E-state index is 5.28. The number of aryl methyl sites for hydroxylation is 3. The third kappa shape index (κ3) is 2.22. The van der Waals surface area contributed by atoms with Crippen LogP contribution in [-0.4, -0.2) is 25.3 Å². The quantitative estimate of drug-likeness (QED) is 0.781. The second-order valence-electron chi connectivity index (χ2n) is 5.37. The first-order valence-corrected chi connectivity index (χ1v) is 7.15. The van der Waals surface area contributed by atoms with E-state index in [9.17, 15) is 0 Å². The fourth-order valence-electron chi connectivity index (χ4n) is 2.67. The van der Waals surface area contributed by atoms with Gasteiger partial charge < -0.3 is 4.52 Å². The topological polar surface area (TPSA) is 80.5 Å². The minimum atomic E-state index is 0.411. The van der Waals surface area contributed by atoms with Crippen molar-refractivity contribution >= 4 is 0 Å². The summed E-state index contributed by atoms with van der Waals surface area (Å²) in [5.41, 5.74) is 4.89. The second kappa shape index (κ2) is 4.80. The summed E-state index contributed by atoms with van der Waals surface area (Å²) >= 11 is 0. The highest BCUT2D eigenvalue weighted by Crippen LogP contribution is 2.24. The van der Waals surface area contributed by atoms with Crippen LogP contribution in [0.5, 0.6) is 0 Å². The summed E-state index contributed by atoms with van der Waals surface area (Å²) in [5.74, 6) is 0.924. The first kappa shape index (κ1) is 12.3. The lowest BCUT2D eigenvalue weighted by Crippen LogP contribution is -2.05. The Morgan fingerprint density at radius 3 is 2.86 bits per heavy atom. The van der Waals surface area contributed by atoms with Crippen LogP contribution in [0.2, 0.25) is 0 Å². The Balaban J connectivity index is 1.69. The molecule has 0 atom stereocenters. The molecule has 3 heterocycles. The van der Waals surface area contributed by atoms with Crippen LogP contribution in [0.15, 0.2) is 22.7 Å². The van der Waals surface area contributed by atoms with Crippen molar-refractivity contribution in [3.05, 3.63) is 35.2 Å². The molecule has 6 heteroatoms. The Morgan fingerprint density at radius 2 is 2.00 bits per heavy atom. The molecule has 0 saturated heterocycles. The molecular formula is C15H15N5O. The number of aromatic nitrogens is 5. The van der Waals surface area contributed by atoms with Crippen LogP contribution in [-0.2, 0) is 12.8 Å². The Labute approximate surface area is 121 Å².